The molecule has 0 aliphatic carbocycles. The largest absolute Gasteiger partial charge is 0.493 e. The average Bonchev–Trinajstić information content (AvgIpc) is 2.54. The molecule has 23 heavy (non-hydrogen) atoms. The SMILES string of the molecule is CCCOc1ccc(Br)cc1/C=N/NC(=O)c1ccc(Br)cc1. The van der Waals surface area contributed by atoms with Gasteiger partial charge in [-0.3, -0.25) is 4.79 Å². The van der Waals surface area contributed by atoms with E-state index in [1.54, 1.807) is 18.3 Å². The zero-order chi connectivity index (χ0) is 16.7. The Balaban J connectivity index is 2.06. The molecule has 0 heterocycles. The first-order valence-corrected chi connectivity index (χ1v) is 8.70. The lowest BCUT2D eigenvalue weighted by Gasteiger charge is -2.08. The molecule has 4 nitrogen and oxygen atoms in total. The number of nitrogens with one attached hydrogen (secondary N) is 1. The van der Waals surface area contributed by atoms with Crippen LogP contribution in [0.1, 0.15) is 29.3 Å². The van der Waals surface area contributed by atoms with E-state index in [4.69, 9.17) is 4.74 Å². The Bertz CT molecular complexity index is 700. The van der Waals surface area contributed by atoms with Crippen molar-refractivity contribution in [2.24, 2.45) is 5.10 Å². The van der Waals surface area contributed by atoms with Crippen LogP contribution in [0, 0.1) is 0 Å². The Hall–Kier alpha value is -1.66. The highest BCUT2D eigenvalue weighted by atomic mass is 79.9. The third-order valence-electron chi connectivity index (χ3n) is 2.91. The highest BCUT2D eigenvalue weighted by Gasteiger charge is 2.05. The molecular formula is C17H16Br2N2O2. The maximum absolute atomic E-state index is 12.0. The van der Waals surface area contributed by atoms with Gasteiger partial charge in [-0.2, -0.15) is 5.10 Å². The number of carbonyl (C=O) groups is 1. The van der Waals surface area contributed by atoms with Crippen molar-refractivity contribution in [2.45, 2.75) is 13.3 Å². The summed E-state index contributed by atoms with van der Waals surface area (Å²) in [5, 5.41) is 4.01. The summed E-state index contributed by atoms with van der Waals surface area (Å²) in [7, 11) is 0. The summed E-state index contributed by atoms with van der Waals surface area (Å²) in [5.41, 5.74) is 3.85. The zero-order valence-corrected chi connectivity index (χ0v) is 15.7. The molecule has 0 saturated carbocycles. The third-order valence-corrected chi connectivity index (χ3v) is 3.93. The van der Waals surface area contributed by atoms with E-state index in [-0.39, 0.29) is 5.91 Å². The van der Waals surface area contributed by atoms with Gasteiger partial charge in [-0.05, 0) is 48.9 Å². The summed E-state index contributed by atoms with van der Waals surface area (Å²) in [4.78, 5) is 12.0. The van der Waals surface area contributed by atoms with Crippen molar-refractivity contribution in [1.82, 2.24) is 5.43 Å². The first-order chi connectivity index (χ1) is 11.1. The Morgan fingerprint density at radius 1 is 1.17 bits per heavy atom. The van der Waals surface area contributed by atoms with E-state index in [0.29, 0.717) is 12.2 Å². The number of hydrogen-bond acceptors (Lipinski definition) is 3. The number of ether oxygens (including phenoxy) is 1. The van der Waals surface area contributed by atoms with Crippen LogP contribution in [0.3, 0.4) is 0 Å². The van der Waals surface area contributed by atoms with E-state index in [1.165, 1.54) is 0 Å². The van der Waals surface area contributed by atoms with Crippen molar-refractivity contribution >= 4 is 44.0 Å². The van der Waals surface area contributed by atoms with Crippen LogP contribution in [0.15, 0.2) is 56.5 Å². The molecule has 0 atom stereocenters. The minimum absolute atomic E-state index is 0.264. The molecule has 1 N–H and O–H groups in total. The molecule has 0 aromatic heterocycles. The summed E-state index contributed by atoms with van der Waals surface area (Å²) < 4.78 is 7.51. The molecule has 120 valence electrons. The first kappa shape index (κ1) is 17.7. The Kier molecular flexibility index (Phi) is 6.80. The van der Waals surface area contributed by atoms with Gasteiger partial charge in [-0.25, -0.2) is 5.43 Å². The number of carbonyl (C=O) groups excluding carboxylic acids is 1. The van der Waals surface area contributed by atoms with E-state index in [0.717, 1.165) is 26.7 Å². The van der Waals surface area contributed by atoms with Crippen LogP contribution in [0.4, 0.5) is 0 Å². The van der Waals surface area contributed by atoms with E-state index >= 15 is 0 Å². The highest BCUT2D eigenvalue weighted by Crippen LogP contribution is 2.22. The summed E-state index contributed by atoms with van der Waals surface area (Å²) in [6, 6.07) is 12.7. The van der Waals surface area contributed by atoms with Gasteiger partial charge in [0.2, 0.25) is 0 Å². The molecule has 0 aliphatic heterocycles. The topological polar surface area (TPSA) is 50.7 Å². The smallest absolute Gasteiger partial charge is 0.271 e. The normalized spacial score (nSPS) is 10.7. The van der Waals surface area contributed by atoms with Crippen LogP contribution >= 0.6 is 31.9 Å². The number of hydrazone groups is 1. The van der Waals surface area contributed by atoms with Gasteiger partial charge in [0, 0.05) is 20.1 Å². The highest BCUT2D eigenvalue weighted by molar-refractivity contribution is 9.10. The van der Waals surface area contributed by atoms with Gasteiger partial charge in [0.05, 0.1) is 12.8 Å². The molecule has 0 aliphatic rings. The van der Waals surface area contributed by atoms with Crippen molar-refractivity contribution in [2.75, 3.05) is 6.61 Å². The van der Waals surface area contributed by atoms with Crippen molar-refractivity contribution < 1.29 is 9.53 Å². The predicted octanol–water partition coefficient (Wildman–Crippen LogP) is 4.76. The van der Waals surface area contributed by atoms with Crippen LogP contribution in [0.25, 0.3) is 0 Å². The van der Waals surface area contributed by atoms with Crippen molar-refractivity contribution in [3.8, 4) is 5.75 Å². The lowest BCUT2D eigenvalue weighted by Crippen LogP contribution is -2.17. The van der Waals surface area contributed by atoms with Crippen LogP contribution < -0.4 is 10.2 Å². The summed E-state index contributed by atoms with van der Waals surface area (Å²) in [6.45, 7) is 2.68. The first-order valence-electron chi connectivity index (χ1n) is 7.11. The quantitative estimate of drug-likeness (QED) is 0.520. The standard InChI is InChI=1S/C17H16Br2N2O2/c1-2-9-23-16-8-7-15(19)10-13(16)11-20-21-17(22)12-3-5-14(18)6-4-12/h3-8,10-11H,2,9H2,1H3,(H,21,22)/b20-11+. The Morgan fingerprint density at radius 2 is 1.87 bits per heavy atom. The fourth-order valence-corrected chi connectivity index (χ4v) is 2.43. The number of halogens is 2. The van der Waals surface area contributed by atoms with E-state index in [2.05, 4.69) is 42.4 Å². The second-order valence-corrected chi connectivity index (χ2v) is 6.57. The van der Waals surface area contributed by atoms with Gasteiger partial charge >= 0.3 is 0 Å². The van der Waals surface area contributed by atoms with Gasteiger partial charge in [-0.15, -0.1) is 0 Å². The second-order valence-electron chi connectivity index (χ2n) is 4.74. The van der Waals surface area contributed by atoms with Crippen LogP contribution in [-0.2, 0) is 0 Å². The maximum atomic E-state index is 12.0. The Labute approximate surface area is 152 Å². The van der Waals surface area contributed by atoms with Crippen LogP contribution in [0.5, 0.6) is 5.75 Å². The van der Waals surface area contributed by atoms with Crippen molar-refractivity contribution in [3.63, 3.8) is 0 Å². The van der Waals surface area contributed by atoms with Gasteiger partial charge < -0.3 is 4.74 Å². The monoisotopic (exact) mass is 438 g/mol. The van der Waals surface area contributed by atoms with Crippen LogP contribution in [0.2, 0.25) is 0 Å². The van der Waals surface area contributed by atoms with E-state index < -0.39 is 0 Å². The number of nitrogens with zero attached hydrogens (tertiary/aromatic N) is 1. The van der Waals surface area contributed by atoms with Gasteiger partial charge in [0.15, 0.2) is 0 Å². The van der Waals surface area contributed by atoms with Crippen LogP contribution in [-0.4, -0.2) is 18.7 Å². The van der Waals surface area contributed by atoms with Crippen molar-refractivity contribution in [3.05, 3.63) is 62.5 Å². The summed E-state index contributed by atoms with van der Waals surface area (Å²) >= 11 is 6.75. The predicted molar refractivity (Wildman–Crippen MR) is 99.1 cm³/mol. The number of hydrogen-bond donors (Lipinski definition) is 1. The summed E-state index contributed by atoms with van der Waals surface area (Å²) in [5.74, 6) is 0.469. The number of rotatable bonds is 6. The molecular weight excluding hydrogens is 424 g/mol. The van der Waals surface area contributed by atoms with Gasteiger partial charge in [0.1, 0.15) is 5.75 Å². The van der Waals surface area contributed by atoms with Gasteiger partial charge in [0.25, 0.3) is 5.91 Å². The molecule has 2 rings (SSSR count). The molecule has 2 aromatic rings. The Morgan fingerprint density at radius 3 is 2.57 bits per heavy atom. The fourth-order valence-electron chi connectivity index (χ4n) is 1.79. The molecule has 0 saturated heterocycles. The lowest BCUT2D eigenvalue weighted by molar-refractivity contribution is 0.0955. The maximum Gasteiger partial charge on any atom is 0.271 e. The zero-order valence-electron chi connectivity index (χ0n) is 12.6. The van der Waals surface area contributed by atoms with Crippen molar-refractivity contribution in [1.29, 1.82) is 0 Å². The third kappa shape index (κ3) is 5.48. The minimum Gasteiger partial charge on any atom is -0.493 e. The molecule has 0 radical (unpaired) electrons. The van der Waals surface area contributed by atoms with Gasteiger partial charge in [-0.1, -0.05) is 38.8 Å². The number of amides is 1. The molecule has 6 heteroatoms. The molecule has 1 amide bonds. The van der Waals surface area contributed by atoms with E-state index in [9.17, 15) is 4.79 Å². The molecule has 0 bridgehead atoms. The summed E-state index contributed by atoms with van der Waals surface area (Å²) in [6.07, 6.45) is 2.50. The minimum atomic E-state index is -0.264. The second kappa shape index (κ2) is 8.84. The molecule has 0 spiro atoms. The molecule has 2 aromatic carbocycles. The molecule has 0 fully saturated rings. The lowest BCUT2D eigenvalue weighted by atomic mass is 10.2. The average molecular weight is 440 g/mol. The fraction of sp³-hybridized carbons (Fsp3) is 0.176. The van der Waals surface area contributed by atoms with E-state index in [1.807, 2.05) is 37.3 Å². The number of benzene rings is 2. The molecule has 0 unspecified atom stereocenters.